The summed E-state index contributed by atoms with van der Waals surface area (Å²) in [5.41, 5.74) is 2.11. The highest BCUT2D eigenvalue weighted by molar-refractivity contribution is 6.06. The molecule has 0 unspecified atom stereocenters. The van der Waals surface area contributed by atoms with E-state index in [2.05, 4.69) is 5.32 Å². The van der Waals surface area contributed by atoms with Gasteiger partial charge in [0, 0.05) is 30.4 Å². The molecule has 0 aliphatic carbocycles. The van der Waals surface area contributed by atoms with Gasteiger partial charge < -0.3 is 10.2 Å². The van der Waals surface area contributed by atoms with Gasteiger partial charge in [-0.3, -0.25) is 9.59 Å². The fraction of sp³-hybridized carbons (Fsp3) is 0.176. The number of amides is 2. The van der Waals surface area contributed by atoms with E-state index in [-0.39, 0.29) is 11.8 Å². The summed E-state index contributed by atoms with van der Waals surface area (Å²) in [7, 11) is 1.74. The molecule has 2 rings (SSSR count). The number of carbonyl (C=O) groups is 2. The van der Waals surface area contributed by atoms with Crippen molar-refractivity contribution in [3.05, 3.63) is 60.2 Å². The summed E-state index contributed by atoms with van der Waals surface area (Å²) in [6.45, 7) is 1.79. The third-order valence-corrected chi connectivity index (χ3v) is 3.18. The first-order valence-electron chi connectivity index (χ1n) is 6.85. The lowest BCUT2D eigenvalue weighted by Crippen LogP contribution is -2.26. The Bertz CT molecular complexity index is 621. The van der Waals surface area contributed by atoms with Gasteiger partial charge in [-0.1, -0.05) is 25.1 Å². The molecule has 2 aromatic carbocycles. The van der Waals surface area contributed by atoms with Gasteiger partial charge in [0.25, 0.3) is 5.91 Å². The Morgan fingerprint density at radius 2 is 1.62 bits per heavy atom. The van der Waals surface area contributed by atoms with Crippen LogP contribution < -0.4 is 10.2 Å². The molecule has 2 amide bonds. The highest BCUT2D eigenvalue weighted by Gasteiger charge is 2.13. The zero-order chi connectivity index (χ0) is 15.2. The topological polar surface area (TPSA) is 49.4 Å². The van der Waals surface area contributed by atoms with E-state index in [1.807, 2.05) is 30.3 Å². The number of anilines is 2. The Morgan fingerprint density at radius 3 is 2.19 bits per heavy atom. The van der Waals surface area contributed by atoms with E-state index in [4.69, 9.17) is 0 Å². The summed E-state index contributed by atoms with van der Waals surface area (Å²) in [5.74, 6) is -0.134. The highest BCUT2D eigenvalue weighted by atomic mass is 16.2. The summed E-state index contributed by atoms with van der Waals surface area (Å²) in [4.78, 5) is 25.3. The Hall–Kier alpha value is -2.62. The van der Waals surface area contributed by atoms with Crippen molar-refractivity contribution >= 4 is 23.2 Å². The minimum atomic E-state index is -0.0884. The largest absolute Gasteiger partial charge is 0.326 e. The lowest BCUT2D eigenvalue weighted by Gasteiger charge is -2.17. The van der Waals surface area contributed by atoms with Gasteiger partial charge in [0.2, 0.25) is 5.91 Å². The monoisotopic (exact) mass is 282 g/mol. The van der Waals surface area contributed by atoms with Crippen LogP contribution in [0.1, 0.15) is 23.7 Å². The highest BCUT2D eigenvalue weighted by Crippen LogP contribution is 2.16. The molecule has 21 heavy (non-hydrogen) atoms. The number of nitrogens with one attached hydrogen (secondary N) is 1. The van der Waals surface area contributed by atoms with Crippen molar-refractivity contribution < 1.29 is 9.59 Å². The molecule has 0 fully saturated rings. The molecular weight excluding hydrogens is 264 g/mol. The van der Waals surface area contributed by atoms with Gasteiger partial charge in [0.1, 0.15) is 0 Å². The molecule has 0 bridgehead atoms. The molecule has 4 nitrogen and oxygen atoms in total. The quantitative estimate of drug-likeness (QED) is 0.935. The fourth-order valence-electron chi connectivity index (χ4n) is 1.91. The minimum Gasteiger partial charge on any atom is -0.326 e. The lowest BCUT2D eigenvalue weighted by molar-refractivity contribution is -0.115. The third-order valence-electron chi connectivity index (χ3n) is 3.18. The van der Waals surface area contributed by atoms with Crippen molar-refractivity contribution in [2.75, 3.05) is 17.3 Å². The maximum Gasteiger partial charge on any atom is 0.258 e. The molecule has 0 saturated heterocycles. The summed E-state index contributed by atoms with van der Waals surface area (Å²) in [6.07, 6.45) is 0.428. The molecule has 0 aromatic heterocycles. The van der Waals surface area contributed by atoms with Crippen molar-refractivity contribution in [3.63, 3.8) is 0 Å². The SMILES string of the molecule is CCC(=O)Nc1ccc(C(=O)N(C)c2ccccc2)cc1. The first-order chi connectivity index (χ1) is 10.1. The second kappa shape index (κ2) is 6.70. The van der Waals surface area contributed by atoms with Crippen molar-refractivity contribution in [2.45, 2.75) is 13.3 Å². The average Bonchev–Trinajstić information content (AvgIpc) is 2.55. The smallest absolute Gasteiger partial charge is 0.258 e. The molecule has 4 heteroatoms. The zero-order valence-electron chi connectivity index (χ0n) is 12.2. The second-order valence-corrected chi connectivity index (χ2v) is 4.68. The van der Waals surface area contributed by atoms with Crippen LogP contribution >= 0.6 is 0 Å². The van der Waals surface area contributed by atoms with Gasteiger partial charge in [-0.2, -0.15) is 0 Å². The predicted molar refractivity (Wildman–Crippen MR) is 84.5 cm³/mol. The Labute approximate surface area is 124 Å². The molecule has 0 saturated carbocycles. The van der Waals surface area contributed by atoms with Crippen LogP contribution in [0.4, 0.5) is 11.4 Å². The summed E-state index contributed by atoms with van der Waals surface area (Å²) >= 11 is 0. The number of benzene rings is 2. The van der Waals surface area contributed by atoms with Crippen LogP contribution in [-0.4, -0.2) is 18.9 Å². The number of rotatable bonds is 4. The van der Waals surface area contributed by atoms with E-state index >= 15 is 0 Å². The molecule has 0 aliphatic heterocycles. The number of carbonyl (C=O) groups excluding carboxylic acids is 2. The van der Waals surface area contributed by atoms with Crippen LogP contribution in [0.3, 0.4) is 0 Å². The van der Waals surface area contributed by atoms with Crippen molar-refractivity contribution in [3.8, 4) is 0 Å². The fourth-order valence-corrected chi connectivity index (χ4v) is 1.91. The van der Waals surface area contributed by atoms with E-state index in [1.165, 1.54) is 0 Å². The number of hydrogen-bond donors (Lipinski definition) is 1. The van der Waals surface area contributed by atoms with Crippen LogP contribution in [0.5, 0.6) is 0 Å². The molecule has 2 aromatic rings. The number of hydrogen-bond acceptors (Lipinski definition) is 2. The molecular formula is C17H18N2O2. The molecule has 0 spiro atoms. The Kier molecular flexibility index (Phi) is 4.72. The molecule has 0 heterocycles. The third kappa shape index (κ3) is 3.69. The normalized spacial score (nSPS) is 10.0. The number of para-hydroxylation sites is 1. The second-order valence-electron chi connectivity index (χ2n) is 4.68. The first kappa shape index (κ1) is 14.8. The van der Waals surface area contributed by atoms with E-state index in [9.17, 15) is 9.59 Å². The van der Waals surface area contributed by atoms with E-state index in [0.717, 1.165) is 5.69 Å². The van der Waals surface area contributed by atoms with Crippen molar-refractivity contribution in [1.82, 2.24) is 0 Å². The lowest BCUT2D eigenvalue weighted by atomic mass is 10.1. The van der Waals surface area contributed by atoms with Gasteiger partial charge >= 0.3 is 0 Å². The summed E-state index contributed by atoms with van der Waals surface area (Å²) in [5, 5.41) is 2.75. The van der Waals surface area contributed by atoms with E-state index in [0.29, 0.717) is 17.7 Å². The standard InChI is InChI=1S/C17H18N2O2/c1-3-16(20)18-14-11-9-13(10-12-14)17(21)19(2)15-7-5-4-6-8-15/h4-12H,3H2,1-2H3,(H,18,20). The van der Waals surface area contributed by atoms with Gasteiger partial charge in [0.05, 0.1) is 0 Å². The van der Waals surface area contributed by atoms with Gasteiger partial charge in [-0.15, -0.1) is 0 Å². The van der Waals surface area contributed by atoms with Crippen LogP contribution in [0.2, 0.25) is 0 Å². The Morgan fingerprint density at radius 1 is 1.00 bits per heavy atom. The van der Waals surface area contributed by atoms with Gasteiger partial charge in [0.15, 0.2) is 0 Å². The number of nitrogens with zero attached hydrogens (tertiary/aromatic N) is 1. The van der Waals surface area contributed by atoms with Crippen LogP contribution in [-0.2, 0) is 4.79 Å². The van der Waals surface area contributed by atoms with Crippen LogP contribution in [0.15, 0.2) is 54.6 Å². The maximum atomic E-state index is 12.4. The molecule has 108 valence electrons. The van der Waals surface area contributed by atoms with Crippen LogP contribution in [0, 0.1) is 0 Å². The van der Waals surface area contributed by atoms with Crippen molar-refractivity contribution in [1.29, 1.82) is 0 Å². The first-order valence-corrected chi connectivity index (χ1v) is 6.85. The predicted octanol–water partition coefficient (Wildman–Crippen LogP) is 3.31. The van der Waals surface area contributed by atoms with E-state index in [1.54, 1.807) is 43.1 Å². The average molecular weight is 282 g/mol. The Balaban J connectivity index is 2.11. The van der Waals surface area contributed by atoms with Crippen LogP contribution in [0.25, 0.3) is 0 Å². The molecule has 0 atom stereocenters. The van der Waals surface area contributed by atoms with Gasteiger partial charge in [-0.25, -0.2) is 0 Å². The molecule has 0 aliphatic rings. The maximum absolute atomic E-state index is 12.4. The molecule has 0 radical (unpaired) electrons. The summed E-state index contributed by atoms with van der Waals surface area (Å²) in [6, 6.07) is 16.4. The van der Waals surface area contributed by atoms with Gasteiger partial charge in [-0.05, 0) is 36.4 Å². The minimum absolute atomic E-state index is 0.0459. The zero-order valence-corrected chi connectivity index (χ0v) is 12.2. The summed E-state index contributed by atoms with van der Waals surface area (Å²) < 4.78 is 0. The van der Waals surface area contributed by atoms with Crippen molar-refractivity contribution in [2.24, 2.45) is 0 Å². The van der Waals surface area contributed by atoms with E-state index < -0.39 is 0 Å². The molecule has 1 N–H and O–H groups in total.